The van der Waals surface area contributed by atoms with E-state index < -0.39 is 17.5 Å². The number of hydrogen-bond acceptors (Lipinski definition) is 4. The Morgan fingerprint density at radius 2 is 1.75 bits per heavy atom. The molecule has 0 N–H and O–H groups in total. The minimum absolute atomic E-state index is 0.336. The summed E-state index contributed by atoms with van der Waals surface area (Å²) < 4.78 is 5.45. The Morgan fingerprint density at radius 3 is 2.29 bits per heavy atom. The fourth-order valence-corrected chi connectivity index (χ4v) is 2.44. The molecule has 0 bridgehead atoms. The minimum Gasteiger partial charge on any atom is -0.459 e. The molecule has 126 valence electrons. The topological polar surface area (TPSA) is 56.3 Å². The summed E-state index contributed by atoms with van der Waals surface area (Å²) in [6, 6.07) is 9.97. The van der Waals surface area contributed by atoms with Gasteiger partial charge in [0, 0.05) is 22.5 Å². The molecule has 0 fully saturated rings. The van der Waals surface area contributed by atoms with Crippen LogP contribution in [0.5, 0.6) is 0 Å². The standard InChI is InChI=1S/C19H20ClNO3/c1-12-15(6-5-11-21-12)17(22)16(18(23)24-19(2,3)4)13-7-9-14(20)10-8-13/h5-11,16H,1-4H3. The highest BCUT2D eigenvalue weighted by Gasteiger charge is 2.34. The van der Waals surface area contributed by atoms with Crippen LogP contribution in [0.1, 0.15) is 48.3 Å². The van der Waals surface area contributed by atoms with Crippen LogP contribution in [0.2, 0.25) is 5.02 Å². The van der Waals surface area contributed by atoms with Gasteiger partial charge in [0.05, 0.1) is 0 Å². The minimum atomic E-state index is -1.05. The van der Waals surface area contributed by atoms with Gasteiger partial charge in [0.2, 0.25) is 0 Å². The fraction of sp³-hybridized carbons (Fsp3) is 0.316. The first kappa shape index (κ1) is 18.1. The zero-order chi connectivity index (χ0) is 17.9. The second kappa shape index (κ2) is 7.14. The number of nitrogens with zero attached hydrogens (tertiary/aromatic N) is 1. The molecule has 0 aliphatic rings. The van der Waals surface area contributed by atoms with E-state index in [1.165, 1.54) is 0 Å². The quantitative estimate of drug-likeness (QED) is 0.469. The van der Waals surface area contributed by atoms with E-state index in [1.54, 1.807) is 70.3 Å². The number of carbonyl (C=O) groups is 2. The summed E-state index contributed by atoms with van der Waals surface area (Å²) in [5.74, 6) is -1.97. The molecule has 0 aliphatic heterocycles. The Kier molecular flexibility index (Phi) is 5.40. The molecular weight excluding hydrogens is 326 g/mol. The third-order valence-corrected chi connectivity index (χ3v) is 3.63. The van der Waals surface area contributed by atoms with Crippen molar-refractivity contribution in [1.29, 1.82) is 0 Å². The Morgan fingerprint density at radius 1 is 1.12 bits per heavy atom. The lowest BCUT2D eigenvalue weighted by Crippen LogP contribution is -2.31. The monoisotopic (exact) mass is 345 g/mol. The van der Waals surface area contributed by atoms with Crippen LogP contribution >= 0.6 is 11.6 Å². The third kappa shape index (κ3) is 4.42. The maximum absolute atomic E-state index is 13.0. The first-order valence-electron chi connectivity index (χ1n) is 7.63. The maximum Gasteiger partial charge on any atom is 0.321 e. The summed E-state index contributed by atoms with van der Waals surface area (Å²) in [6.45, 7) is 7.04. The van der Waals surface area contributed by atoms with Gasteiger partial charge in [-0.15, -0.1) is 0 Å². The molecule has 4 nitrogen and oxygen atoms in total. The van der Waals surface area contributed by atoms with E-state index in [2.05, 4.69) is 4.98 Å². The zero-order valence-corrected chi connectivity index (χ0v) is 14.9. The highest BCUT2D eigenvalue weighted by Crippen LogP contribution is 2.27. The van der Waals surface area contributed by atoms with E-state index >= 15 is 0 Å². The van der Waals surface area contributed by atoms with Crippen molar-refractivity contribution in [2.75, 3.05) is 0 Å². The number of hydrogen-bond donors (Lipinski definition) is 0. The van der Waals surface area contributed by atoms with E-state index in [0.29, 0.717) is 21.8 Å². The zero-order valence-electron chi connectivity index (χ0n) is 14.2. The Labute approximate surface area is 146 Å². The predicted molar refractivity (Wildman–Crippen MR) is 93.3 cm³/mol. The lowest BCUT2D eigenvalue weighted by molar-refractivity contribution is -0.155. The van der Waals surface area contributed by atoms with E-state index in [-0.39, 0.29) is 5.78 Å². The van der Waals surface area contributed by atoms with Crippen LogP contribution < -0.4 is 0 Å². The van der Waals surface area contributed by atoms with Crippen LogP contribution in [0, 0.1) is 6.92 Å². The van der Waals surface area contributed by atoms with Gasteiger partial charge in [-0.2, -0.15) is 0 Å². The molecule has 0 amide bonds. The van der Waals surface area contributed by atoms with E-state index in [0.717, 1.165) is 0 Å². The summed E-state index contributed by atoms with van der Waals surface area (Å²) in [5.41, 5.74) is 0.835. The molecule has 5 heteroatoms. The van der Waals surface area contributed by atoms with Crippen LogP contribution in [-0.4, -0.2) is 22.3 Å². The highest BCUT2D eigenvalue weighted by atomic mass is 35.5. The van der Waals surface area contributed by atoms with Gasteiger partial charge in [-0.1, -0.05) is 23.7 Å². The summed E-state index contributed by atoms with van der Waals surface area (Å²) in [4.78, 5) is 29.8. The number of ether oxygens (including phenoxy) is 1. The van der Waals surface area contributed by atoms with Gasteiger partial charge in [-0.25, -0.2) is 0 Å². The SMILES string of the molecule is Cc1ncccc1C(=O)C(C(=O)OC(C)(C)C)c1ccc(Cl)cc1. The van der Waals surface area contributed by atoms with Crippen LogP contribution in [0.15, 0.2) is 42.6 Å². The van der Waals surface area contributed by atoms with Crippen molar-refractivity contribution in [2.24, 2.45) is 0 Å². The molecular formula is C19H20ClNO3. The number of aryl methyl sites for hydroxylation is 1. The average molecular weight is 346 g/mol. The van der Waals surface area contributed by atoms with Gasteiger partial charge in [0.1, 0.15) is 11.5 Å². The molecule has 2 aromatic rings. The summed E-state index contributed by atoms with van der Waals surface area (Å²) in [6.07, 6.45) is 1.61. The van der Waals surface area contributed by atoms with Gasteiger partial charge in [0.15, 0.2) is 5.78 Å². The van der Waals surface area contributed by atoms with Crippen LogP contribution in [-0.2, 0) is 9.53 Å². The Balaban J connectivity index is 2.46. The lowest BCUT2D eigenvalue weighted by atomic mass is 9.90. The van der Waals surface area contributed by atoms with E-state index in [1.807, 2.05) is 0 Å². The van der Waals surface area contributed by atoms with Gasteiger partial charge in [-0.3, -0.25) is 14.6 Å². The molecule has 1 heterocycles. The molecule has 0 saturated heterocycles. The largest absolute Gasteiger partial charge is 0.459 e. The van der Waals surface area contributed by atoms with Crippen molar-refractivity contribution in [1.82, 2.24) is 4.98 Å². The van der Waals surface area contributed by atoms with Crippen molar-refractivity contribution < 1.29 is 14.3 Å². The number of aromatic nitrogens is 1. The van der Waals surface area contributed by atoms with Gasteiger partial charge >= 0.3 is 5.97 Å². The van der Waals surface area contributed by atoms with Crippen molar-refractivity contribution >= 4 is 23.4 Å². The Bertz CT molecular complexity index is 748. The van der Waals surface area contributed by atoms with Crippen molar-refractivity contribution in [3.05, 3.63) is 64.4 Å². The summed E-state index contributed by atoms with van der Waals surface area (Å²) in [5, 5.41) is 0.534. The van der Waals surface area contributed by atoms with Gasteiger partial charge in [0.25, 0.3) is 0 Å². The second-order valence-electron chi connectivity index (χ2n) is 6.52. The van der Waals surface area contributed by atoms with Crippen LogP contribution in [0.25, 0.3) is 0 Å². The molecule has 1 aromatic carbocycles. The highest BCUT2D eigenvalue weighted by molar-refractivity contribution is 6.30. The molecule has 1 aromatic heterocycles. The van der Waals surface area contributed by atoms with Crippen molar-refractivity contribution in [2.45, 2.75) is 39.2 Å². The second-order valence-corrected chi connectivity index (χ2v) is 6.96. The summed E-state index contributed by atoms with van der Waals surface area (Å²) in [7, 11) is 0. The molecule has 1 atom stereocenters. The molecule has 0 aliphatic carbocycles. The van der Waals surface area contributed by atoms with Crippen LogP contribution in [0.3, 0.4) is 0 Å². The normalized spacial score (nSPS) is 12.5. The first-order chi connectivity index (χ1) is 11.2. The lowest BCUT2D eigenvalue weighted by Gasteiger charge is -2.24. The number of pyridine rings is 1. The number of benzene rings is 1. The third-order valence-electron chi connectivity index (χ3n) is 3.38. The first-order valence-corrected chi connectivity index (χ1v) is 8.01. The smallest absolute Gasteiger partial charge is 0.321 e. The van der Waals surface area contributed by atoms with E-state index in [9.17, 15) is 9.59 Å². The number of Topliss-reactive ketones (excluding diaryl/α,β-unsaturated/α-hetero) is 1. The number of carbonyl (C=O) groups excluding carboxylic acids is 2. The van der Waals surface area contributed by atoms with Gasteiger partial charge < -0.3 is 4.74 Å². The van der Waals surface area contributed by atoms with Crippen molar-refractivity contribution in [3.8, 4) is 0 Å². The molecule has 0 spiro atoms. The molecule has 1 unspecified atom stereocenters. The molecule has 0 radical (unpaired) electrons. The van der Waals surface area contributed by atoms with Crippen molar-refractivity contribution in [3.63, 3.8) is 0 Å². The molecule has 24 heavy (non-hydrogen) atoms. The molecule has 2 rings (SSSR count). The fourth-order valence-electron chi connectivity index (χ4n) is 2.31. The van der Waals surface area contributed by atoms with E-state index in [4.69, 9.17) is 16.3 Å². The number of ketones is 1. The number of halogens is 1. The van der Waals surface area contributed by atoms with Gasteiger partial charge in [-0.05, 0) is 57.5 Å². The average Bonchev–Trinajstić information content (AvgIpc) is 2.48. The Hall–Kier alpha value is -2.20. The summed E-state index contributed by atoms with van der Waals surface area (Å²) >= 11 is 5.91. The predicted octanol–water partition coefficient (Wildman–Crippen LogP) is 4.35. The number of rotatable bonds is 4. The maximum atomic E-state index is 13.0. The number of esters is 1. The molecule has 0 saturated carbocycles. The van der Waals surface area contributed by atoms with Crippen LogP contribution in [0.4, 0.5) is 0 Å².